The second kappa shape index (κ2) is 6.05. The van der Waals surface area contributed by atoms with Crippen LogP contribution in [0.2, 0.25) is 0 Å². The average molecular weight is 289 g/mol. The normalized spacial score (nSPS) is 17.9. The van der Waals surface area contributed by atoms with E-state index in [-0.39, 0.29) is 17.8 Å². The molecule has 0 radical (unpaired) electrons. The Labute approximate surface area is 121 Å². The Morgan fingerprint density at radius 3 is 2.95 bits per heavy atom. The highest BCUT2D eigenvalue weighted by molar-refractivity contribution is 5.93. The quantitative estimate of drug-likeness (QED) is 0.935. The van der Waals surface area contributed by atoms with E-state index in [0.717, 1.165) is 19.4 Å². The van der Waals surface area contributed by atoms with Crippen molar-refractivity contribution in [2.24, 2.45) is 0 Å². The number of carbonyl (C=O) groups is 1. The van der Waals surface area contributed by atoms with Crippen molar-refractivity contribution in [1.29, 1.82) is 0 Å². The van der Waals surface area contributed by atoms with Gasteiger partial charge < -0.3 is 10.1 Å². The zero-order chi connectivity index (χ0) is 14.7. The minimum absolute atomic E-state index is 0.0937. The zero-order valence-corrected chi connectivity index (χ0v) is 11.5. The number of hydrogen-bond donors (Lipinski definition) is 1. The Balaban J connectivity index is 1.72. The zero-order valence-electron chi connectivity index (χ0n) is 11.5. The molecule has 1 amide bonds. The summed E-state index contributed by atoms with van der Waals surface area (Å²) in [5.74, 6) is -0.532. The van der Waals surface area contributed by atoms with Gasteiger partial charge >= 0.3 is 0 Å². The lowest BCUT2D eigenvalue weighted by Crippen LogP contribution is -2.32. The molecule has 1 fully saturated rings. The molecule has 110 valence electrons. The Bertz CT molecular complexity index is 618. The number of halogens is 1. The summed E-state index contributed by atoms with van der Waals surface area (Å²) in [7, 11) is 0. The molecule has 1 saturated heterocycles. The van der Waals surface area contributed by atoms with Gasteiger partial charge in [-0.2, -0.15) is 0 Å². The van der Waals surface area contributed by atoms with Gasteiger partial charge in [0, 0.05) is 18.8 Å². The van der Waals surface area contributed by atoms with E-state index >= 15 is 0 Å². The maximum atomic E-state index is 13.0. The van der Waals surface area contributed by atoms with Gasteiger partial charge in [0.1, 0.15) is 11.5 Å². The predicted octanol–water partition coefficient (Wildman–Crippen LogP) is 1.92. The van der Waals surface area contributed by atoms with Crippen molar-refractivity contribution < 1.29 is 13.9 Å². The van der Waals surface area contributed by atoms with Crippen molar-refractivity contribution in [2.45, 2.75) is 18.9 Å². The topological polar surface area (TPSA) is 56.1 Å². The first kappa shape index (κ1) is 13.8. The van der Waals surface area contributed by atoms with Gasteiger partial charge in [0.15, 0.2) is 0 Å². The SMILES string of the molecule is O=C(NCC1CCCO1)c1cncn1-c1ccc(F)cc1. The van der Waals surface area contributed by atoms with E-state index < -0.39 is 0 Å². The molecule has 0 bridgehead atoms. The third kappa shape index (κ3) is 3.11. The fraction of sp³-hybridized carbons (Fsp3) is 0.333. The maximum Gasteiger partial charge on any atom is 0.270 e. The molecule has 5 nitrogen and oxygen atoms in total. The van der Waals surface area contributed by atoms with Crippen LogP contribution in [0.25, 0.3) is 5.69 Å². The number of imidazole rings is 1. The van der Waals surface area contributed by atoms with E-state index in [4.69, 9.17) is 4.74 Å². The first-order chi connectivity index (χ1) is 10.2. The number of hydrogen-bond acceptors (Lipinski definition) is 3. The number of ether oxygens (including phenoxy) is 1. The Morgan fingerprint density at radius 1 is 1.43 bits per heavy atom. The minimum atomic E-state index is -0.316. The highest BCUT2D eigenvalue weighted by atomic mass is 19.1. The first-order valence-corrected chi connectivity index (χ1v) is 6.92. The van der Waals surface area contributed by atoms with Crippen LogP contribution in [0, 0.1) is 5.82 Å². The molecule has 1 aliphatic rings. The van der Waals surface area contributed by atoms with Crippen LogP contribution in [0.3, 0.4) is 0 Å². The second-order valence-electron chi connectivity index (χ2n) is 4.97. The number of nitrogens with one attached hydrogen (secondary N) is 1. The van der Waals surface area contributed by atoms with Crippen LogP contribution in [0.5, 0.6) is 0 Å². The molecule has 2 heterocycles. The van der Waals surface area contributed by atoms with Gasteiger partial charge in [-0.25, -0.2) is 9.37 Å². The summed E-state index contributed by atoms with van der Waals surface area (Å²) in [6, 6.07) is 5.91. The van der Waals surface area contributed by atoms with Crippen LogP contribution >= 0.6 is 0 Å². The summed E-state index contributed by atoms with van der Waals surface area (Å²) in [6.07, 6.45) is 5.13. The lowest BCUT2D eigenvalue weighted by molar-refractivity contribution is 0.0852. The smallest absolute Gasteiger partial charge is 0.270 e. The lowest BCUT2D eigenvalue weighted by Gasteiger charge is -2.12. The van der Waals surface area contributed by atoms with Gasteiger partial charge in [-0.1, -0.05) is 0 Å². The largest absolute Gasteiger partial charge is 0.376 e. The van der Waals surface area contributed by atoms with Crippen molar-refractivity contribution >= 4 is 5.91 Å². The molecule has 1 unspecified atom stereocenters. The third-order valence-electron chi connectivity index (χ3n) is 3.49. The number of amides is 1. The molecule has 1 aliphatic heterocycles. The van der Waals surface area contributed by atoms with Crippen molar-refractivity contribution in [3.05, 3.63) is 48.3 Å². The monoisotopic (exact) mass is 289 g/mol. The van der Waals surface area contributed by atoms with Gasteiger partial charge in [0.05, 0.1) is 18.6 Å². The Morgan fingerprint density at radius 2 is 2.24 bits per heavy atom. The van der Waals surface area contributed by atoms with Crippen molar-refractivity contribution in [3.63, 3.8) is 0 Å². The molecule has 0 spiro atoms. The van der Waals surface area contributed by atoms with Crippen molar-refractivity contribution in [3.8, 4) is 5.69 Å². The first-order valence-electron chi connectivity index (χ1n) is 6.92. The van der Waals surface area contributed by atoms with E-state index in [9.17, 15) is 9.18 Å². The van der Waals surface area contributed by atoms with Crippen LogP contribution in [0.4, 0.5) is 4.39 Å². The van der Waals surface area contributed by atoms with Crippen LogP contribution in [0.1, 0.15) is 23.3 Å². The van der Waals surface area contributed by atoms with Crippen LogP contribution < -0.4 is 5.32 Å². The molecular weight excluding hydrogens is 273 g/mol. The maximum absolute atomic E-state index is 13.0. The standard InChI is InChI=1S/C15H16FN3O2/c16-11-3-5-12(6-4-11)19-10-17-9-14(19)15(20)18-8-13-2-1-7-21-13/h3-6,9-10,13H,1-2,7-8H2,(H,18,20). The summed E-state index contributed by atoms with van der Waals surface area (Å²) >= 11 is 0. The van der Waals surface area contributed by atoms with E-state index in [1.807, 2.05) is 0 Å². The van der Waals surface area contributed by atoms with Gasteiger partial charge in [-0.3, -0.25) is 9.36 Å². The van der Waals surface area contributed by atoms with E-state index in [2.05, 4.69) is 10.3 Å². The lowest BCUT2D eigenvalue weighted by atomic mass is 10.2. The van der Waals surface area contributed by atoms with Crippen LogP contribution in [0.15, 0.2) is 36.8 Å². The van der Waals surface area contributed by atoms with Crippen LogP contribution in [-0.2, 0) is 4.74 Å². The minimum Gasteiger partial charge on any atom is -0.376 e. The molecule has 2 aromatic rings. The molecule has 1 aromatic carbocycles. The van der Waals surface area contributed by atoms with Crippen molar-refractivity contribution in [2.75, 3.05) is 13.2 Å². The highest BCUT2D eigenvalue weighted by Crippen LogP contribution is 2.13. The molecule has 1 atom stereocenters. The summed E-state index contributed by atoms with van der Waals surface area (Å²) in [5, 5.41) is 2.85. The second-order valence-corrected chi connectivity index (χ2v) is 4.97. The third-order valence-corrected chi connectivity index (χ3v) is 3.49. The molecule has 1 N–H and O–H groups in total. The van der Waals surface area contributed by atoms with Gasteiger partial charge in [-0.15, -0.1) is 0 Å². The Hall–Kier alpha value is -2.21. The number of rotatable bonds is 4. The van der Waals surface area contributed by atoms with Gasteiger partial charge in [0.2, 0.25) is 0 Å². The summed E-state index contributed by atoms with van der Waals surface area (Å²) in [5.41, 5.74) is 1.11. The molecule has 1 aromatic heterocycles. The van der Waals surface area contributed by atoms with Gasteiger partial charge in [-0.05, 0) is 37.1 Å². The Kier molecular flexibility index (Phi) is 3.96. The summed E-state index contributed by atoms with van der Waals surface area (Å²) in [4.78, 5) is 16.2. The predicted molar refractivity (Wildman–Crippen MR) is 74.8 cm³/mol. The molecule has 3 rings (SSSR count). The van der Waals surface area contributed by atoms with E-state index in [1.165, 1.54) is 24.7 Å². The van der Waals surface area contributed by atoms with E-state index in [0.29, 0.717) is 17.9 Å². The van der Waals surface area contributed by atoms with E-state index in [1.54, 1.807) is 16.7 Å². The van der Waals surface area contributed by atoms with Crippen LogP contribution in [-0.4, -0.2) is 34.7 Å². The fourth-order valence-corrected chi connectivity index (χ4v) is 2.37. The molecule has 0 aliphatic carbocycles. The number of carbonyl (C=O) groups excluding carboxylic acids is 1. The molecule has 6 heteroatoms. The number of benzene rings is 1. The molecule has 0 saturated carbocycles. The molecular formula is C15H16FN3O2. The highest BCUT2D eigenvalue weighted by Gasteiger charge is 2.18. The van der Waals surface area contributed by atoms with Gasteiger partial charge in [0.25, 0.3) is 5.91 Å². The number of nitrogens with zero attached hydrogens (tertiary/aromatic N) is 2. The fourth-order valence-electron chi connectivity index (χ4n) is 2.37. The van der Waals surface area contributed by atoms with Crippen molar-refractivity contribution in [1.82, 2.24) is 14.9 Å². The number of aromatic nitrogens is 2. The molecule has 21 heavy (non-hydrogen) atoms. The summed E-state index contributed by atoms with van der Waals surface area (Å²) < 4.78 is 20.1. The summed E-state index contributed by atoms with van der Waals surface area (Å²) in [6.45, 7) is 1.25. The average Bonchev–Trinajstić information content (AvgIpc) is 3.17.